The predicted octanol–water partition coefficient (Wildman–Crippen LogP) is 3.78. The molecule has 4 rings (SSSR count). The number of carbonyl (C=O) groups excluding carboxylic acids is 1. The lowest BCUT2D eigenvalue weighted by molar-refractivity contribution is -0.124. The zero-order chi connectivity index (χ0) is 22.2. The van der Waals surface area contributed by atoms with Crippen LogP contribution < -0.4 is 15.4 Å². The maximum atomic E-state index is 13.1. The molecular weight excluding hydrogens is 404 g/mol. The second kappa shape index (κ2) is 10.9. The van der Waals surface area contributed by atoms with Crippen molar-refractivity contribution >= 4 is 11.6 Å². The third kappa shape index (κ3) is 5.73. The second-order valence-corrected chi connectivity index (χ2v) is 7.70. The fraction of sp³-hybridized carbons (Fsp3) is 0.269. The molecular formula is C26H28N2O4. The molecule has 3 aromatic rings. The molecule has 6 heteroatoms. The summed E-state index contributed by atoms with van der Waals surface area (Å²) in [6.07, 6.45) is -0.664. The number of carbonyl (C=O) groups is 1. The number of rotatable bonds is 9. The van der Waals surface area contributed by atoms with Crippen LogP contribution >= 0.6 is 0 Å². The topological polar surface area (TPSA) is 68.8 Å². The molecule has 1 saturated heterocycles. The Morgan fingerprint density at radius 3 is 2.06 bits per heavy atom. The molecule has 1 aliphatic heterocycles. The van der Waals surface area contributed by atoms with Gasteiger partial charge in [-0.15, -0.1) is 0 Å². The van der Waals surface area contributed by atoms with Crippen molar-refractivity contribution in [2.24, 2.45) is 0 Å². The number of benzene rings is 3. The Labute approximate surface area is 188 Å². The number of methoxy groups -OCH3 is 1. The van der Waals surface area contributed by atoms with Gasteiger partial charge in [-0.25, -0.2) is 0 Å². The third-order valence-electron chi connectivity index (χ3n) is 5.47. The number of hydrogen-bond donors (Lipinski definition) is 2. The van der Waals surface area contributed by atoms with Gasteiger partial charge in [0.15, 0.2) is 0 Å². The molecule has 0 aliphatic carbocycles. The highest BCUT2D eigenvalue weighted by atomic mass is 16.5. The van der Waals surface area contributed by atoms with E-state index < -0.39 is 12.1 Å². The average Bonchev–Trinajstić information content (AvgIpc) is 3.26. The minimum atomic E-state index is -0.526. The fourth-order valence-corrected chi connectivity index (χ4v) is 3.73. The zero-order valence-electron chi connectivity index (χ0n) is 18.1. The molecule has 0 aromatic heterocycles. The van der Waals surface area contributed by atoms with E-state index in [-0.39, 0.29) is 12.0 Å². The van der Waals surface area contributed by atoms with Gasteiger partial charge in [-0.2, -0.15) is 0 Å². The van der Waals surface area contributed by atoms with Crippen molar-refractivity contribution in [2.45, 2.75) is 31.5 Å². The van der Waals surface area contributed by atoms with Crippen molar-refractivity contribution in [3.8, 4) is 5.75 Å². The van der Waals surface area contributed by atoms with Crippen molar-refractivity contribution in [1.82, 2.24) is 5.32 Å². The lowest BCUT2D eigenvalue weighted by Crippen LogP contribution is -2.45. The van der Waals surface area contributed by atoms with E-state index in [0.29, 0.717) is 25.4 Å². The number of amides is 1. The molecule has 1 heterocycles. The van der Waals surface area contributed by atoms with Crippen molar-refractivity contribution < 1.29 is 19.0 Å². The highest BCUT2D eigenvalue weighted by molar-refractivity contribution is 5.95. The Kier molecular flexibility index (Phi) is 7.51. The van der Waals surface area contributed by atoms with Gasteiger partial charge in [-0.3, -0.25) is 4.79 Å². The van der Waals surface area contributed by atoms with E-state index in [0.717, 1.165) is 16.9 Å². The molecule has 0 saturated carbocycles. The van der Waals surface area contributed by atoms with E-state index in [1.54, 1.807) is 7.11 Å². The predicted molar refractivity (Wildman–Crippen MR) is 123 cm³/mol. The molecule has 2 N–H and O–H groups in total. The third-order valence-corrected chi connectivity index (χ3v) is 5.47. The molecule has 166 valence electrons. The van der Waals surface area contributed by atoms with Crippen LogP contribution in [0.25, 0.3) is 0 Å². The Hall–Kier alpha value is -3.19. The molecule has 0 bridgehead atoms. The number of nitrogens with one attached hydrogen (secondary N) is 2. The van der Waals surface area contributed by atoms with Crippen LogP contribution in [-0.4, -0.2) is 37.8 Å². The van der Waals surface area contributed by atoms with Gasteiger partial charge >= 0.3 is 0 Å². The van der Waals surface area contributed by atoms with Crippen molar-refractivity contribution in [2.75, 3.05) is 19.0 Å². The molecule has 0 unspecified atom stereocenters. The van der Waals surface area contributed by atoms with Gasteiger partial charge in [0.05, 0.1) is 26.4 Å². The number of ether oxygens (including phenoxy) is 3. The summed E-state index contributed by atoms with van der Waals surface area (Å²) in [6, 6.07) is 26.7. The Morgan fingerprint density at radius 2 is 1.47 bits per heavy atom. The normalized spacial score (nSPS) is 20.1. The first-order valence-corrected chi connectivity index (χ1v) is 10.7. The number of anilines is 1. The standard InChI is InChI=1S/C26H28N2O4/c1-30-22-14-12-21(13-15-22)28-26(29)24-25(32-18-20-10-6-3-7-11-20)23(16-27-24)31-17-19-8-4-2-5-9-19/h2-15,23-25,27H,16-18H2,1H3,(H,28,29)/t23-,24+,25+/m1/s1. The van der Waals surface area contributed by atoms with Crippen LogP contribution in [0.5, 0.6) is 5.75 Å². The highest BCUT2D eigenvalue weighted by Gasteiger charge is 2.41. The molecule has 1 aliphatic rings. The van der Waals surface area contributed by atoms with Crippen LogP contribution in [0.1, 0.15) is 11.1 Å². The van der Waals surface area contributed by atoms with Crippen LogP contribution in [0.3, 0.4) is 0 Å². The first-order chi connectivity index (χ1) is 15.7. The van der Waals surface area contributed by atoms with Crippen LogP contribution in [0.15, 0.2) is 84.9 Å². The minimum absolute atomic E-state index is 0.154. The average molecular weight is 433 g/mol. The molecule has 0 spiro atoms. The molecule has 32 heavy (non-hydrogen) atoms. The second-order valence-electron chi connectivity index (χ2n) is 7.70. The summed E-state index contributed by atoms with van der Waals surface area (Å²) in [4.78, 5) is 13.1. The van der Waals surface area contributed by atoms with Gasteiger partial charge < -0.3 is 24.8 Å². The molecule has 6 nitrogen and oxygen atoms in total. The summed E-state index contributed by atoms with van der Waals surface area (Å²) in [7, 11) is 1.61. The first-order valence-electron chi connectivity index (χ1n) is 10.7. The van der Waals surface area contributed by atoms with E-state index in [4.69, 9.17) is 14.2 Å². The van der Waals surface area contributed by atoms with Crippen LogP contribution in [0, 0.1) is 0 Å². The molecule has 3 aromatic carbocycles. The Balaban J connectivity index is 1.43. The van der Waals surface area contributed by atoms with Gasteiger partial charge in [0.2, 0.25) is 5.91 Å². The van der Waals surface area contributed by atoms with Crippen molar-refractivity contribution in [1.29, 1.82) is 0 Å². The molecule has 3 atom stereocenters. The largest absolute Gasteiger partial charge is 0.497 e. The summed E-state index contributed by atoms with van der Waals surface area (Å²) in [5.74, 6) is 0.583. The lowest BCUT2D eigenvalue weighted by atomic mass is 10.1. The van der Waals surface area contributed by atoms with Crippen molar-refractivity contribution in [3.63, 3.8) is 0 Å². The first kappa shape index (κ1) is 22.0. The van der Waals surface area contributed by atoms with Crippen LogP contribution in [0.2, 0.25) is 0 Å². The fourth-order valence-electron chi connectivity index (χ4n) is 3.73. The summed E-state index contributed by atoms with van der Waals surface area (Å²) in [6.45, 7) is 1.41. The quantitative estimate of drug-likeness (QED) is 0.539. The summed E-state index contributed by atoms with van der Waals surface area (Å²) < 4.78 is 17.6. The molecule has 0 radical (unpaired) electrons. The summed E-state index contributed by atoms with van der Waals surface area (Å²) >= 11 is 0. The zero-order valence-corrected chi connectivity index (χ0v) is 18.1. The van der Waals surface area contributed by atoms with E-state index >= 15 is 0 Å². The van der Waals surface area contributed by atoms with Crippen LogP contribution in [-0.2, 0) is 27.5 Å². The lowest BCUT2D eigenvalue weighted by Gasteiger charge is -2.24. The van der Waals surface area contributed by atoms with Crippen molar-refractivity contribution in [3.05, 3.63) is 96.1 Å². The summed E-state index contributed by atoms with van der Waals surface area (Å²) in [5.41, 5.74) is 2.84. The van der Waals surface area contributed by atoms with E-state index in [9.17, 15) is 4.79 Å². The van der Waals surface area contributed by atoms with E-state index in [1.807, 2.05) is 84.9 Å². The maximum absolute atomic E-state index is 13.1. The van der Waals surface area contributed by atoms with Gasteiger partial charge in [0.25, 0.3) is 0 Å². The Bertz CT molecular complexity index is 980. The monoisotopic (exact) mass is 432 g/mol. The van der Waals surface area contributed by atoms with E-state index in [2.05, 4.69) is 10.6 Å². The van der Waals surface area contributed by atoms with Gasteiger partial charge in [0.1, 0.15) is 17.9 Å². The van der Waals surface area contributed by atoms with E-state index in [1.165, 1.54) is 0 Å². The molecule has 1 amide bonds. The SMILES string of the molecule is COc1ccc(NC(=O)[C@H]2NC[C@@H](OCc3ccccc3)[C@@H]2OCc2ccccc2)cc1. The van der Waals surface area contributed by atoms with Gasteiger partial charge in [0, 0.05) is 12.2 Å². The summed E-state index contributed by atoms with van der Waals surface area (Å²) in [5, 5.41) is 6.25. The smallest absolute Gasteiger partial charge is 0.244 e. The molecule has 1 fully saturated rings. The highest BCUT2D eigenvalue weighted by Crippen LogP contribution is 2.22. The van der Waals surface area contributed by atoms with Gasteiger partial charge in [-0.1, -0.05) is 60.7 Å². The van der Waals surface area contributed by atoms with Crippen LogP contribution in [0.4, 0.5) is 5.69 Å². The minimum Gasteiger partial charge on any atom is -0.497 e. The Morgan fingerprint density at radius 1 is 0.875 bits per heavy atom. The number of hydrogen-bond acceptors (Lipinski definition) is 5. The van der Waals surface area contributed by atoms with Gasteiger partial charge in [-0.05, 0) is 35.4 Å². The maximum Gasteiger partial charge on any atom is 0.244 e.